The van der Waals surface area contributed by atoms with Crippen LogP contribution in [0.5, 0.6) is 0 Å². The zero-order chi connectivity index (χ0) is 14.9. The predicted octanol–water partition coefficient (Wildman–Crippen LogP) is 2.79. The summed E-state index contributed by atoms with van der Waals surface area (Å²) in [5.74, 6) is -2.42. The fourth-order valence-corrected chi connectivity index (χ4v) is 1.89. The van der Waals surface area contributed by atoms with Gasteiger partial charge in [0.15, 0.2) is 0 Å². The van der Waals surface area contributed by atoms with Crippen molar-refractivity contribution in [2.24, 2.45) is 0 Å². The molecule has 0 fully saturated rings. The summed E-state index contributed by atoms with van der Waals surface area (Å²) < 4.78 is 31.7. The molecule has 1 heterocycles. The van der Waals surface area contributed by atoms with Crippen molar-refractivity contribution < 1.29 is 18.0 Å². The molecule has 2 rings (SSSR count). The molecule has 0 aliphatic heterocycles. The normalized spacial score (nSPS) is 10.4. The number of rotatable bonds is 2. The Balaban J connectivity index is 2.41. The van der Waals surface area contributed by atoms with E-state index in [4.69, 9.17) is 4.42 Å². The van der Waals surface area contributed by atoms with Crippen LogP contribution in [0.2, 0.25) is 0 Å². The number of hydrogen-bond acceptors (Lipinski definition) is 3. The van der Waals surface area contributed by atoms with Gasteiger partial charge in [-0.15, -0.1) is 0 Å². The molecule has 1 aromatic carbocycles. The molecule has 0 saturated heterocycles. The molecule has 0 aliphatic rings. The third kappa shape index (κ3) is 2.59. The van der Waals surface area contributed by atoms with Gasteiger partial charge in [0.2, 0.25) is 0 Å². The van der Waals surface area contributed by atoms with E-state index in [0.29, 0.717) is 5.56 Å². The van der Waals surface area contributed by atoms with Crippen molar-refractivity contribution in [3.63, 3.8) is 0 Å². The zero-order valence-corrected chi connectivity index (χ0v) is 10.8. The van der Waals surface area contributed by atoms with Crippen LogP contribution in [-0.4, -0.2) is 5.91 Å². The number of benzene rings is 1. The average molecular weight is 279 g/mol. The summed E-state index contributed by atoms with van der Waals surface area (Å²) in [6.07, 6.45) is 0. The molecule has 0 atom stereocenters. The van der Waals surface area contributed by atoms with Gasteiger partial charge < -0.3 is 9.73 Å². The molecule has 0 saturated carbocycles. The molecule has 0 unspecified atom stereocenters. The lowest BCUT2D eigenvalue weighted by Gasteiger charge is -2.10. The lowest BCUT2D eigenvalue weighted by Crippen LogP contribution is -2.18. The van der Waals surface area contributed by atoms with E-state index in [1.165, 1.54) is 19.9 Å². The highest BCUT2D eigenvalue weighted by molar-refractivity contribution is 6.05. The lowest BCUT2D eigenvalue weighted by molar-refractivity contribution is 0.102. The topological polar surface area (TPSA) is 59.3 Å². The van der Waals surface area contributed by atoms with E-state index in [1.807, 2.05) is 0 Å². The number of carbonyl (C=O) groups excluding carboxylic acids is 1. The van der Waals surface area contributed by atoms with Gasteiger partial charge in [-0.05, 0) is 31.5 Å². The highest BCUT2D eigenvalue weighted by Gasteiger charge is 2.18. The second kappa shape index (κ2) is 5.24. The minimum Gasteiger partial charge on any atom is -0.427 e. The van der Waals surface area contributed by atoms with Crippen LogP contribution in [0, 0.1) is 25.5 Å². The molecular weight excluding hydrogens is 268 g/mol. The zero-order valence-electron chi connectivity index (χ0n) is 10.8. The fraction of sp³-hybridized carbons (Fsp3) is 0.143. The lowest BCUT2D eigenvalue weighted by atomic mass is 10.1. The summed E-state index contributed by atoms with van der Waals surface area (Å²) in [6, 6.07) is 4.39. The SMILES string of the molecule is Cc1cc(=O)oc(C)c1C(=O)Nc1c(F)cccc1F. The minimum atomic E-state index is -0.883. The van der Waals surface area contributed by atoms with Gasteiger partial charge in [-0.3, -0.25) is 4.79 Å². The Kier molecular flexibility index (Phi) is 3.65. The fourth-order valence-electron chi connectivity index (χ4n) is 1.89. The summed E-state index contributed by atoms with van der Waals surface area (Å²) in [5.41, 5.74) is -0.684. The maximum atomic E-state index is 13.5. The van der Waals surface area contributed by atoms with E-state index in [0.717, 1.165) is 18.2 Å². The van der Waals surface area contributed by atoms with Gasteiger partial charge in [-0.2, -0.15) is 0 Å². The Bertz CT molecular complexity index is 691. The Morgan fingerprint density at radius 1 is 1.20 bits per heavy atom. The van der Waals surface area contributed by atoms with Gasteiger partial charge in [0.1, 0.15) is 23.1 Å². The summed E-state index contributed by atoms with van der Waals surface area (Å²) in [7, 11) is 0. The van der Waals surface area contributed by atoms with Crippen molar-refractivity contribution in [1.29, 1.82) is 0 Å². The first-order chi connectivity index (χ1) is 9.40. The number of aryl methyl sites for hydroxylation is 2. The first-order valence-electron chi connectivity index (χ1n) is 5.77. The first-order valence-corrected chi connectivity index (χ1v) is 5.77. The number of para-hydroxylation sites is 1. The molecule has 6 heteroatoms. The van der Waals surface area contributed by atoms with Gasteiger partial charge in [0.25, 0.3) is 5.91 Å². The molecule has 1 N–H and O–H groups in total. The first kappa shape index (κ1) is 13.9. The van der Waals surface area contributed by atoms with E-state index >= 15 is 0 Å². The smallest absolute Gasteiger partial charge is 0.336 e. The van der Waals surface area contributed by atoms with Crippen molar-refractivity contribution in [2.75, 3.05) is 5.32 Å². The quantitative estimate of drug-likeness (QED) is 0.919. The van der Waals surface area contributed by atoms with Gasteiger partial charge in [-0.1, -0.05) is 6.07 Å². The second-order valence-electron chi connectivity index (χ2n) is 4.23. The van der Waals surface area contributed by atoms with Crippen molar-refractivity contribution in [3.8, 4) is 0 Å². The van der Waals surface area contributed by atoms with Crippen molar-refractivity contribution in [1.82, 2.24) is 0 Å². The summed E-state index contributed by atoms with van der Waals surface area (Å²) in [6.45, 7) is 2.97. The average Bonchev–Trinajstić information content (AvgIpc) is 2.32. The number of amides is 1. The Hall–Kier alpha value is -2.50. The van der Waals surface area contributed by atoms with Crippen LogP contribution in [-0.2, 0) is 0 Å². The highest BCUT2D eigenvalue weighted by Crippen LogP contribution is 2.20. The summed E-state index contributed by atoms with van der Waals surface area (Å²) >= 11 is 0. The monoisotopic (exact) mass is 279 g/mol. The van der Waals surface area contributed by atoms with Crippen LogP contribution < -0.4 is 10.9 Å². The van der Waals surface area contributed by atoms with Gasteiger partial charge in [-0.25, -0.2) is 13.6 Å². The third-order valence-electron chi connectivity index (χ3n) is 2.76. The van der Waals surface area contributed by atoms with Crippen molar-refractivity contribution in [2.45, 2.75) is 13.8 Å². The molecule has 104 valence electrons. The number of halogens is 2. The largest absolute Gasteiger partial charge is 0.427 e. The van der Waals surface area contributed by atoms with Crippen molar-refractivity contribution >= 4 is 11.6 Å². The van der Waals surface area contributed by atoms with Gasteiger partial charge in [0.05, 0.1) is 5.56 Å². The van der Waals surface area contributed by atoms with Crippen LogP contribution in [0.1, 0.15) is 21.7 Å². The molecule has 0 aliphatic carbocycles. The van der Waals surface area contributed by atoms with Crippen LogP contribution >= 0.6 is 0 Å². The molecule has 1 amide bonds. The number of nitrogens with one attached hydrogen (secondary N) is 1. The maximum Gasteiger partial charge on any atom is 0.336 e. The van der Waals surface area contributed by atoms with E-state index in [2.05, 4.69) is 5.32 Å². The Labute approximate surface area is 113 Å². The van der Waals surface area contributed by atoms with E-state index < -0.39 is 28.9 Å². The molecule has 4 nitrogen and oxygen atoms in total. The van der Waals surface area contributed by atoms with Crippen molar-refractivity contribution in [3.05, 3.63) is 63.2 Å². The Morgan fingerprint density at radius 3 is 2.35 bits per heavy atom. The van der Waals surface area contributed by atoms with E-state index in [1.54, 1.807) is 0 Å². The third-order valence-corrected chi connectivity index (χ3v) is 2.76. The van der Waals surface area contributed by atoms with E-state index in [9.17, 15) is 18.4 Å². The summed E-state index contributed by atoms with van der Waals surface area (Å²) in [4.78, 5) is 23.2. The second-order valence-corrected chi connectivity index (χ2v) is 4.23. The van der Waals surface area contributed by atoms with Crippen LogP contribution in [0.15, 0.2) is 33.5 Å². The predicted molar refractivity (Wildman–Crippen MR) is 68.8 cm³/mol. The Morgan fingerprint density at radius 2 is 1.80 bits per heavy atom. The van der Waals surface area contributed by atoms with Crippen LogP contribution in [0.3, 0.4) is 0 Å². The molecule has 0 spiro atoms. The molecule has 2 aromatic rings. The number of hydrogen-bond donors (Lipinski definition) is 1. The maximum absolute atomic E-state index is 13.5. The molecule has 20 heavy (non-hydrogen) atoms. The molecular formula is C14H11F2NO3. The molecule has 0 radical (unpaired) electrons. The van der Waals surface area contributed by atoms with Crippen LogP contribution in [0.4, 0.5) is 14.5 Å². The highest BCUT2D eigenvalue weighted by atomic mass is 19.1. The number of carbonyl (C=O) groups is 1. The minimum absolute atomic E-state index is 0.0762. The number of anilines is 1. The van der Waals surface area contributed by atoms with Crippen LogP contribution in [0.25, 0.3) is 0 Å². The molecule has 0 bridgehead atoms. The van der Waals surface area contributed by atoms with Gasteiger partial charge >= 0.3 is 5.63 Å². The summed E-state index contributed by atoms with van der Waals surface area (Å²) in [5, 5.41) is 2.14. The van der Waals surface area contributed by atoms with E-state index in [-0.39, 0.29) is 11.3 Å². The van der Waals surface area contributed by atoms with Gasteiger partial charge in [0, 0.05) is 6.07 Å². The molecule has 1 aromatic heterocycles. The standard InChI is InChI=1S/C14H11F2NO3/c1-7-6-11(18)20-8(2)12(7)14(19)17-13-9(15)4-3-5-10(13)16/h3-6H,1-2H3,(H,17,19).